The van der Waals surface area contributed by atoms with Gasteiger partial charge in [-0.05, 0) is 48.6 Å². The second-order valence-corrected chi connectivity index (χ2v) is 5.23. The van der Waals surface area contributed by atoms with Crippen molar-refractivity contribution in [3.05, 3.63) is 64.2 Å². The van der Waals surface area contributed by atoms with Gasteiger partial charge in [-0.2, -0.15) is 0 Å². The Kier molecular flexibility index (Phi) is 4.46. The molecule has 1 unspecified atom stereocenters. The molecule has 2 rings (SSSR count). The van der Waals surface area contributed by atoms with E-state index in [0.29, 0.717) is 0 Å². The second-order valence-electron chi connectivity index (χ2n) is 5.23. The van der Waals surface area contributed by atoms with Crippen LogP contribution in [-0.2, 0) is 6.42 Å². The third-order valence-electron chi connectivity index (χ3n) is 3.80. The molecule has 1 atom stereocenters. The van der Waals surface area contributed by atoms with E-state index < -0.39 is 0 Å². The molecule has 20 heavy (non-hydrogen) atoms. The minimum Gasteiger partial charge on any atom is -0.496 e. The first-order valence-corrected chi connectivity index (χ1v) is 7.07. The number of methoxy groups -OCH3 is 1. The molecule has 0 saturated heterocycles. The number of aryl methyl sites for hydroxylation is 3. The smallest absolute Gasteiger partial charge is 0.124 e. The fourth-order valence-electron chi connectivity index (χ4n) is 2.82. The molecule has 2 nitrogen and oxygen atoms in total. The molecule has 0 aliphatic rings. The fraction of sp³-hybridized carbons (Fsp3) is 0.333. The molecule has 0 aliphatic heterocycles. The van der Waals surface area contributed by atoms with Crippen molar-refractivity contribution in [3.63, 3.8) is 0 Å². The molecular formula is C18H23NO. The molecular weight excluding hydrogens is 246 g/mol. The monoisotopic (exact) mass is 269 g/mol. The summed E-state index contributed by atoms with van der Waals surface area (Å²) in [6.07, 6.45) is 0.983. The molecule has 0 aromatic heterocycles. The highest BCUT2D eigenvalue weighted by Gasteiger charge is 2.19. The first kappa shape index (κ1) is 14.6. The Morgan fingerprint density at radius 3 is 2.50 bits per heavy atom. The predicted molar refractivity (Wildman–Crippen MR) is 84.3 cm³/mol. The van der Waals surface area contributed by atoms with E-state index in [1.807, 2.05) is 6.07 Å². The van der Waals surface area contributed by atoms with Gasteiger partial charge >= 0.3 is 0 Å². The van der Waals surface area contributed by atoms with Gasteiger partial charge in [0.05, 0.1) is 13.2 Å². The summed E-state index contributed by atoms with van der Waals surface area (Å²) in [5.74, 6) is 0.876. The van der Waals surface area contributed by atoms with E-state index in [1.54, 1.807) is 7.11 Å². The molecule has 0 amide bonds. The first-order valence-electron chi connectivity index (χ1n) is 7.07. The van der Waals surface area contributed by atoms with Crippen LogP contribution in [0, 0.1) is 13.8 Å². The van der Waals surface area contributed by atoms with E-state index in [0.717, 1.165) is 17.7 Å². The summed E-state index contributed by atoms with van der Waals surface area (Å²) in [5.41, 5.74) is 12.5. The summed E-state index contributed by atoms with van der Waals surface area (Å²) in [6.45, 7) is 6.33. The molecule has 2 aromatic carbocycles. The maximum Gasteiger partial charge on any atom is 0.124 e. The van der Waals surface area contributed by atoms with E-state index in [2.05, 4.69) is 51.1 Å². The number of hydrogen-bond acceptors (Lipinski definition) is 2. The summed E-state index contributed by atoms with van der Waals surface area (Å²) in [4.78, 5) is 0. The summed E-state index contributed by atoms with van der Waals surface area (Å²) in [6, 6.07) is 12.4. The largest absolute Gasteiger partial charge is 0.496 e. The average Bonchev–Trinajstić information content (AvgIpc) is 2.45. The molecule has 0 saturated carbocycles. The molecule has 0 fully saturated rings. The van der Waals surface area contributed by atoms with Gasteiger partial charge in [0.1, 0.15) is 5.75 Å². The van der Waals surface area contributed by atoms with Gasteiger partial charge in [-0.15, -0.1) is 0 Å². The van der Waals surface area contributed by atoms with Crippen molar-refractivity contribution in [1.29, 1.82) is 0 Å². The topological polar surface area (TPSA) is 35.2 Å². The van der Waals surface area contributed by atoms with Crippen molar-refractivity contribution in [2.45, 2.75) is 33.2 Å². The van der Waals surface area contributed by atoms with Gasteiger partial charge in [0, 0.05) is 5.56 Å². The summed E-state index contributed by atoms with van der Waals surface area (Å²) < 4.78 is 5.54. The number of ether oxygens (including phenoxy) is 1. The van der Waals surface area contributed by atoms with Crippen LogP contribution in [0.1, 0.15) is 40.8 Å². The van der Waals surface area contributed by atoms with Crippen molar-refractivity contribution < 1.29 is 4.74 Å². The lowest BCUT2D eigenvalue weighted by Crippen LogP contribution is -2.16. The standard InChI is InChI=1S/C18H23NO/c1-5-14-8-6-7-9-15(14)18(19)17-13(3)10-12(2)11-16(17)20-4/h6-11,18H,5,19H2,1-4H3. The zero-order valence-corrected chi connectivity index (χ0v) is 12.7. The minimum atomic E-state index is -0.151. The Morgan fingerprint density at radius 1 is 1.15 bits per heavy atom. The summed E-state index contributed by atoms with van der Waals surface area (Å²) in [5, 5.41) is 0. The van der Waals surface area contributed by atoms with Crippen LogP contribution in [0.3, 0.4) is 0 Å². The minimum absolute atomic E-state index is 0.151. The lowest BCUT2D eigenvalue weighted by atomic mass is 9.90. The normalized spacial score (nSPS) is 12.2. The Hall–Kier alpha value is -1.80. The highest BCUT2D eigenvalue weighted by molar-refractivity contribution is 5.49. The van der Waals surface area contributed by atoms with E-state index in [1.165, 1.54) is 22.3 Å². The number of hydrogen-bond donors (Lipinski definition) is 1. The maximum absolute atomic E-state index is 6.54. The Bertz CT molecular complexity index is 604. The Morgan fingerprint density at radius 2 is 1.85 bits per heavy atom. The molecule has 0 bridgehead atoms. The van der Waals surface area contributed by atoms with Crippen LogP contribution in [0.15, 0.2) is 36.4 Å². The molecule has 2 aromatic rings. The third kappa shape index (κ3) is 2.70. The average molecular weight is 269 g/mol. The van der Waals surface area contributed by atoms with Crippen LogP contribution in [0.5, 0.6) is 5.75 Å². The molecule has 0 aliphatic carbocycles. The molecule has 2 N–H and O–H groups in total. The van der Waals surface area contributed by atoms with E-state index in [9.17, 15) is 0 Å². The maximum atomic E-state index is 6.54. The van der Waals surface area contributed by atoms with E-state index in [-0.39, 0.29) is 6.04 Å². The fourth-order valence-corrected chi connectivity index (χ4v) is 2.82. The Balaban J connectivity index is 2.56. The van der Waals surface area contributed by atoms with E-state index >= 15 is 0 Å². The number of benzene rings is 2. The molecule has 0 heterocycles. The van der Waals surface area contributed by atoms with Gasteiger partial charge < -0.3 is 10.5 Å². The molecule has 0 spiro atoms. The lowest BCUT2D eigenvalue weighted by molar-refractivity contribution is 0.407. The van der Waals surface area contributed by atoms with Gasteiger partial charge in [0.25, 0.3) is 0 Å². The highest BCUT2D eigenvalue weighted by Crippen LogP contribution is 2.33. The number of nitrogens with two attached hydrogens (primary N) is 1. The molecule has 106 valence electrons. The van der Waals surface area contributed by atoms with Gasteiger partial charge in [-0.25, -0.2) is 0 Å². The van der Waals surface area contributed by atoms with Crippen molar-refractivity contribution in [1.82, 2.24) is 0 Å². The summed E-state index contributed by atoms with van der Waals surface area (Å²) >= 11 is 0. The van der Waals surface area contributed by atoms with Crippen LogP contribution in [0.4, 0.5) is 0 Å². The SMILES string of the molecule is CCc1ccccc1C(N)c1c(C)cc(C)cc1OC. The first-order chi connectivity index (χ1) is 9.58. The van der Waals surface area contributed by atoms with Crippen molar-refractivity contribution in [3.8, 4) is 5.75 Å². The zero-order chi connectivity index (χ0) is 14.7. The van der Waals surface area contributed by atoms with Gasteiger partial charge in [-0.3, -0.25) is 0 Å². The zero-order valence-electron chi connectivity index (χ0n) is 12.7. The van der Waals surface area contributed by atoms with E-state index in [4.69, 9.17) is 10.5 Å². The van der Waals surface area contributed by atoms with Crippen molar-refractivity contribution in [2.75, 3.05) is 7.11 Å². The van der Waals surface area contributed by atoms with Crippen LogP contribution in [0.2, 0.25) is 0 Å². The molecule has 2 heteroatoms. The van der Waals surface area contributed by atoms with Gasteiger partial charge in [-0.1, -0.05) is 37.3 Å². The Labute approximate surface area is 121 Å². The van der Waals surface area contributed by atoms with Crippen LogP contribution < -0.4 is 10.5 Å². The van der Waals surface area contributed by atoms with Crippen LogP contribution in [-0.4, -0.2) is 7.11 Å². The van der Waals surface area contributed by atoms with Crippen molar-refractivity contribution >= 4 is 0 Å². The highest BCUT2D eigenvalue weighted by atomic mass is 16.5. The lowest BCUT2D eigenvalue weighted by Gasteiger charge is -2.21. The predicted octanol–water partition coefficient (Wildman–Crippen LogP) is 3.92. The van der Waals surface area contributed by atoms with Crippen molar-refractivity contribution in [2.24, 2.45) is 5.73 Å². The van der Waals surface area contributed by atoms with Crippen LogP contribution in [0.25, 0.3) is 0 Å². The molecule has 0 radical (unpaired) electrons. The van der Waals surface area contributed by atoms with Gasteiger partial charge in [0.15, 0.2) is 0 Å². The third-order valence-corrected chi connectivity index (χ3v) is 3.80. The quantitative estimate of drug-likeness (QED) is 0.913. The second kappa shape index (κ2) is 6.10. The number of rotatable bonds is 4. The van der Waals surface area contributed by atoms with Crippen LogP contribution >= 0.6 is 0 Å². The van der Waals surface area contributed by atoms with Gasteiger partial charge in [0.2, 0.25) is 0 Å². The summed E-state index contributed by atoms with van der Waals surface area (Å²) in [7, 11) is 1.70.